The summed E-state index contributed by atoms with van der Waals surface area (Å²) in [6.07, 6.45) is -2.03. The van der Waals surface area contributed by atoms with Gasteiger partial charge in [0.15, 0.2) is 0 Å². The lowest BCUT2D eigenvalue weighted by atomic mass is 9.76. The Morgan fingerprint density at radius 1 is 1.06 bits per heavy atom. The van der Waals surface area contributed by atoms with Crippen molar-refractivity contribution in [2.45, 2.75) is 58.5 Å². The Bertz CT molecular complexity index is 403. The maximum absolute atomic E-state index is 13.1. The molecule has 102 valence electrons. The van der Waals surface area contributed by atoms with E-state index < -0.39 is 17.2 Å². The van der Waals surface area contributed by atoms with Crippen molar-refractivity contribution in [2.75, 3.05) is 0 Å². The fourth-order valence-corrected chi connectivity index (χ4v) is 2.29. The van der Waals surface area contributed by atoms with Crippen molar-refractivity contribution < 1.29 is 13.2 Å². The first-order valence-electron chi connectivity index (χ1n) is 6.43. The number of rotatable bonds is 4. The zero-order chi connectivity index (χ0) is 14.0. The van der Waals surface area contributed by atoms with Crippen molar-refractivity contribution in [3.05, 3.63) is 34.9 Å². The average molecular weight is 258 g/mol. The molecule has 0 saturated heterocycles. The topological polar surface area (TPSA) is 0 Å². The third kappa shape index (κ3) is 3.06. The maximum atomic E-state index is 13.1. The monoisotopic (exact) mass is 258 g/mol. The predicted octanol–water partition coefficient (Wildman–Crippen LogP) is 5.35. The Balaban J connectivity index is 3.49. The summed E-state index contributed by atoms with van der Waals surface area (Å²) in [7, 11) is 0. The Morgan fingerprint density at radius 3 is 2.11 bits per heavy atom. The first-order chi connectivity index (χ1) is 8.24. The first kappa shape index (κ1) is 15.1. The molecule has 0 aliphatic rings. The highest BCUT2D eigenvalue weighted by Crippen LogP contribution is 2.41. The molecule has 0 aliphatic carbocycles. The second kappa shape index (κ2) is 5.33. The Kier molecular flexibility index (Phi) is 4.46. The Labute approximate surface area is 107 Å². The van der Waals surface area contributed by atoms with Gasteiger partial charge in [0.2, 0.25) is 0 Å². The van der Waals surface area contributed by atoms with Crippen molar-refractivity contribution in [3.8, 4) is 0 Å². The van der Waals surface area contributed by atoms with Crippen LogP contribution in [0.4, 0.5) is 13.2 Å². The SMILES string of the molecule is CCCc1cccc(C(F)(F)F)c1C(C)(C)CC. The van der Waals surface area contributed by atoms with Gasteiger partial charge in [-0.3, -0.25) is 0 Å². The van der Waals surface area contributed by atoms with Gasteiger partial charge in [-0.1, -0.05) is 46.2 Å². The molecule has 0 aromatic heterocycles. The number of benzene rings is 1. The summed E-state index contributed by atoms with van der Waals surface area (Å²) < 4.78 is 39.4. The van der Waals surface area contributed by atoms with E-state index in [2.05, 4.69) is 0 Å². The van der Waals surface area contributed by atoms with Gasteiger partial charge in [-0.2, -0.15) is 13.2 Å². The summed E-state index contributed by atoms with van der Waals surface area (Å²) in [4.78, 5) is 0. The first-order valence-corrected chi connectivity index (χ1v) is 6.43. The van der Waals surface area contributed by atoms with Crippen LogP contribution in [0.3, 0.4) is 0 Å². The number of aryl methyl sites for hydroxylation is 1. The van der Waals surface area contributed by atoms with Crippen LogP contribution in [0.15, 0.2) is 18.2 Å². The van der Waals surface area contributed by atoms with Crippen LogP contribution in [-0.4, -0.2) is 0 Å². The number of hydrogen-bond acceptors (Lipinski definition) is 0. The summed E-state index contributed by atoms with van der Waals surface area (Å²) in [6, 6.07) is 4.54. The molecule has 0 saturated carbocycles. The van der Waals surface area contributed by atoms with E-state index in [9.17, 15) is 13.2 Å². The molecular formula is C15H21F3. The molecule has 18 heavy (non-hydrogen) atoms. The largest absolute Gasteiger partial charge is 0.416 e. The number of alkyl halides is 3. The van der Waals surface area contributed by atoms with E-state index in [1.807, 2.05) is 33.8 Å². The van der Waals surface area contributed by atoms with Crippen LogP contribution in [-0.2, 0) is 18.0 Å². The highest BCUT2D eigenvalue weighted by molar-refractivity contribution is 5.42. The summed E-state index contributed by atoms with van der Waals surface area (Å²) >= 11 is 0. The molecule has 0 radical (unpaired) electrons. The standard InChI is InChI=1S/C15H21F3/c1-5-8-11-9-7-10-12(15(16,17)18)13(11)14(3,4)6-2/h7,9-10H,5-6,8H2,1-4H3. The lowest BCUT2D eigenvalue weighted by Crippen LogP contribution is -2.24. The van der Waals surface area contributed by atoms with Crippen LogP contribution in [0.25, 0.3) is 0 Å². The minimum Gasteiger partial charge on any atom is -0.166 e. The summed E-state index contributed by atoms with van der Waals surface area (Å²) in [5.41, 5.74) is 0.387. The fraction of sp³-hybridized carbons (Fsp3) is 0.600. The smallest absolute Gasteiger partial charge is 0.166 e. The predicted molar refractivity (Wildman–Crippen MR) is 68.8 cm³/mol. The minimum atomic E-state index is -4.27. The molecule has 0 heterocycles. The number of hydrogen-bond donors (Lipinski definition) is 0. The van der Waals surface area contributed by atoms with E-state index in [4.69, 9.17) is 0 Å². The Morgan fingerprint density at radius 2 is 1.67 bits per heavy atom. The second-order valence-corrected chi connectivity index (χ2v) is 5.32. The van der Waals surface area contributed by atoms with E-state index in [0.29, 0.717) is 18.4 Å². The van der Waals surface area contributed by atoms with Crippen molar-refractivity contribution in [1.82, 2.24) is 0 Å². The molecular weight excluding hydrogens is 237 g/mol. The van der Waals surface area contributed by atoms with Gasteiger partial charge >= 0.3 is 6.18 Å². The molecule has 3 heteroatoms. The van der Waals surface area contributed by atoms with Crippen LogP contribution < -0.4 is 0 Å². The van der Waals surface area contributed by atoms with Gasteiger partial charge in [-0.25, -0.2) is 0 Å². The molecule has 0 bridgehead atoms. The van der Waals surface area contributed by atoms with E-state index >= 15 is 0 Å². The summed E-state index contributed by atoms with van der Waals surface area (Å²) in [6.45, 7) is 7.69. The highest BCUT2D eigenvalue weighted by atomic mass is 19.4. The summed E-state index contributed by atoms with van der Waals surface area (Å²) in [5.74, 6) is 0. The molecule has 0 amide bonds. The molecule has 0 nitrogen and oxygen atoms in total. The maximum Gasteiger partial charge on any atom is 0.416 e. The minimum absolute atomic E-state index is 0.448. The van der Waals surface area contributed by atoms with Gasteiger partial charge in [0.05, 0.1) is 5.56 Å². The molecule has 1 aromatic rings. The molecule has 0 aliphatic heterocycles. The fourth-order valence-electron chi connectivity index (χ4n) is 2.29. The third-order valence-electron chi connectivity index (χ3n) is 3.54. The molecule has 1 aromatic carbocycles. The van der Waals surface area contributed by atoms with Gasteiger partial charge in [0.1, 0.15) is 0 Å². The van der Waals surface area contributed by atoms with Gasteiger partial charge in [0, 0.05) is 0 Å². The van der Waals surface area contributed by atoms with Crippen molar-refractivity contribution in [1.29, 1.82) is 0 Å². The normalized spacial score (nSPS) is 12.8. The molecule has 0 fully saturated rings. The lowest BCUT2D eigenvalue weighted by Gasteiger charge is -2.30. The second-order valence-electron chi connectivity index (χ2n) is 5.32. The molecule has 0 spiro atoms. The van der Waals surface area contributed by atoms with E-state index in [1.54, 1.807) is 0 Å². The molecule has 1 rings (SSSR count). The van der Waals surface area contributed by atoms with Crippen LogP contribution in [0.1, 0.15) is 57.2 Å². The van der Waals surface area contributed by atoms with E-state index in [1.165, 1.54) is 12.1 Å². The van der Waals surface area contributed by atoms with Gasteiger partial charge in [-0.15, -0.1) is 0 Å². The molecule has 0 unspecified atom stereocenters. The van der Waals surface area contributed by atoms with Gasteiger partial charge in [-0.05, 0) is 35.4 Å². The third-order valence-corrected chi connectivity index (χ3v) is 3.54. The quantitative estimate of drug-likeness (QED) is 0.683. The van der Waals surface area contributed by atoms with E-state index in [0.717, 1.165) is 12.0 Å². The van der Waals surface area contributed by atoms with Crippen molar-refractivity contribution in [3.63, 3.8) is 0 Å². The van der Waals surface area contributed by atoms with Crippen LogP contribution in [0.2, 0.25) is 0 Å². The van der Waals surface area contributed by atoms with Crippen LogP contribution >= 0.6 is 0 Å². The zero-order valence-electron chi connectivity index (χ0n) is 11.5. The molecule has 0 N–H and O–H groups in total. The van der Waals surface area contributed by atoms with Gasteiger partial charge in [0.25, 0.3) is 0 Å². The zero-order valence-corrected chi connectivity index (χ0v) is 11.5. The molecule has 0 atom stereocenters. The van der Waals surface area contributed by atoms with Crippen molar-refractivity contribution >= 4 is 0 Å². The summed E-state index contributed by atoms with van der Waals surface area (Å²) in [5, 5.41) is 0. The number of halogens is 3. The van der Waals surface area contributed by atoms with Crippen LogP contribution in [0.5, 0.6) is 0 Å². The van der Waals surface area contributed by atoms with Crippen molar-refractivity contribution in [2.24, 2.45) is 0 Å². The average Bonchev–Trinajstić information content (AvgIpc) is 2.28. The lowest BCUT2D eigenvalue weighted by molar-refractivity contribution is -0.138. The highest BCUT2D eigenvalue weighted by Gasteiger charge is 2.38. The Hall–Kier alpha value is -0.990. The van der Waals surface area contributed by atoms with Gasteiger partial charge < -0.3 is 0 Å². The van der Waals surface area contributed by atoms with E-state index in [-0.39, 0.29) is 0 Å². The van der Waals surface area contributed by atoms with Crippen LogP contribution in [0, 0.1) is 0 Å².